The lowest BCUT2D eigenvalue weighted by Gasteiger charge is -2.15. The van der Waals surface area contributed by atoms with E-state index >= 15 is 0 Å². The second-order valence-electron chi connectivity index (χ2n) is 5.92. The predicted molar refractivity (Wildman–Crippen MR) is 107 cm³/mol. The fourth-order valence-electron chi connectivity index (χ4n) is 2.15. The van der Waals surface area contributed by atoms with E-state index in [2.05, 4.69) is 33.2 Å². The number of para-hydroxylation sites is 1. The van der Waals surface area contributed by atoms with Gasteiger partial charge in [-0.2, -0.15) is 13.2 Å². The van der Waals surface area contributed by atoms with Gasteiger partial charge in [0.25, 0.3) is 0 Å². The van der Waals surface area contributed by atoms with Crippen LogP contribution < -0.4 is 15.4 Å². The van der Waals surface area contributed by atoms with Crippen molar-refractivity contribution in [2.75, 3.05) is 37.9 Å². The van der Waals surface area contributed by atoms with Crippen LogP contribution in [0.4, 0.5) is 29.3 Å². The second kappa shape index (κ2) is 9.27. The van der Waals surface area contributed by atoms with Crippen molar-refractivity contribution in [2.45, 2.75) is 6.18 Å². The smallest absolute Gasteiger partial charge is 0.418 e. The van der Waals surface area contributed by atoms with Crippen molar-refractivity contribution in [3.05, 3.63) is 51.6 Å². The van der Waals surface area contributed by atoms with E-state index in [4.69, 9.17) is 4.74 Å². The first kappa shape index (κ1) is 21.3. The van der Waals surface area contributed by atoms with Crippen LogP contribution in [0.3, 0.4) is 0 Å². The predicted octanol–water partition coefficient (Wildman–Crippen LogP) is 4.89. The third-order valence-electron chi connectivity index (χ3n) is 3.47. The molecule has 0 aliphatic heterocycles. The van der Waals surface area contributed by atoms with E-state index in [1.807, 2.05) is 19.0 Å². The Morgan fingerprint density at radius 3 is 2.52 bits per heavy atom. The molecule has 27 heavy (non-hydrogen) atoms. The van der Waals surface area contributed by atoms with Gasteiger partial charge < -0.3 is 20.3 Å². The first-order chi connectivity index (χ1) is 12.7. The van der Waals surface area contributed by atoms with E-state index in [0.29, 0.717) is 18.0 Å². The molecule has 0 aliphatic carbocycles. The number of alkyl halides is 3. The largest absolute Gasteiger partial charge is 0.491 e. The van der Waals surface area contributed by atoms with Crippen LogP contribution in [-0.2, 0) is 6.18 Å². The summed E-state index contributed by atoms with van der Waals surface area (Å²) in [7, 11) is 3.85. The number of nitrogens with zero attached hydrogens (tertiary/aromatic N) is 1. The number of carbonyl (C=O) groups is 1. The third kappa shape index (κ3) is 6.58. The Morgan fingerprint density at radius 1 is 1.15 bits per heavy atom. The quantitative estimate of drug-likeness (QED) is 0.564. The molecule has 2 aromatic rings. The standard InChI is InChI=1S/C18H19F3IN3O2/c1-25(2)9-10-27-16-11-12(7-8-14(16)22)23-17(26)24-15-6-4-3-5-13(15)18(19,20)21/h3-8,11H,9-10H2,1-2H3,(H2,23,24,26). The molecular weight excluding hydrogens is 474 g/mol. The van der Waals surface area contributed by atoms with E-state index in [-0.39, 0.29) is 5.69 Å². The Morgan fingerprint density at radius 2 is 1.85 bits per heavy atom. The van der Waals surface area contributed by atoms with Crippen molar-refractivity contribution in [1.29, 1.82) is 0 Å². The molecule has 0 spiro atoms. The highest BCUT2D eigenvalue weighted by molar-refractivity contribution is 14.1. The highest BCUT2D eigenvalue weighted by Gasteiger charge is 2.33. The number of carbonyl (C=O) groups excluding carboxylic acids is 1. The van der Waals surface area contributed by atoms with E-state index < -0.39 is 17.8 Å². The molecule has 2 rings (SSSR count). The summed E-state index contributed by atoms with van der Waals surface area (Å²) in [5, 5.41) is 4.76. The van der Waals surface area contributed by atoms with Crippen LogP contribution in [0.25, 0.3) is 0 Å². The number of ether oxygens (including phenoxy) is 1. The van der Waals surface area contributed by atoms with Crippen molar-refractivity contribution in [3.63, 3.8) is 0 Å². The average Bonchev–Trinajstić information content (AvgIpc) is 2.57. The Balaban J connectivity index is 2.06. The summed E-state index contributed by atoms with van der Waals surface area (Å²) in [4.78, 5) is 14.1. The first-order valence-corrected chi connectivity index (χ1v) is 9.06. The Labute approximate surface area is 169 Å². The molecule has 0 heterocycles. The molecule has 0 aliphatic rings. The fraction of sp³-hybridized carbons (Fsp3) is 0.278. The molecule has 0 atom stereocenters. The SMILES string of the molecule is CN(C)CCOc1cc(NC(=O)Nc2ccccc2C(F)(F)F)ccc1I. The normalized spacial score (nSPS) is 11.4. The molecule has 146 valence electrons. The van der Waals surface area contributed by atoms with E-state index in [1.165, 1.54) is 18.2 Å². The minimum Gasteiger partial charge on any atom is -0.491 e. The molecular formula is C18H19F3IN3O2. The summed E-state index contributed by atoms with van der Waals surface area (Å²) in [5.74, 6) is 0.589. The number of hydrogen-bond donors (Lipinski definition) is 2. The van der Waals surface area contributed by atoms with Gasteiger partial charge in [-0.05, 0) is 61.0 Å². The maximum absolute atomic E-state index is 13.0. The van der Waals surface area contributed by atoms with Crippen molar-refractivity contribution < 1.29 is 22.7 Å². The van der Waals surface area contributed by atoms with Crippen molar-refractivity contribution in [2.24, 2.45) is 0 Å². The topological polar surface area (TPSA) is 53.6 Å². The molecule has 0 unspecified atom stereocenters. The number of anilines is 2. The van der Waals surface area contributed by atoms with Gasteiger partial charge in [-0.25, -0.2) is 4.79 Å². The minimum absolute atomic E-state index is 0.310. The molecule has 5 nitrogen and oxygen atoms in total. The monoisotopic (exact) mass is 493 g/mol. The molecule has 0 saturated carbocycles. The lowest BCUT2D eigenvalue weighted by atomic mass is 10.1. The summed E-state index contributed by atoms with van der Waals surface area (Å²) in [5.41, 5.74) is -0.803. The average molecular weight is 493 g/mol. The van der Waals surface area contributed by atoms with Gasteiger partial charge in [0.1, 0.15) is 12.4 Å². The van der Waals surface area contributed by atoms with Gasteiger partial charge in [0.05, 0.1) is 14.8 Å². The maximum Gasteiger partial charge on any atom is 0.418 e. The van der Waals surface area contributed by atoms with Crippen LogP contribution in [0, 0.1) is 3.57 Å². The van der Waals surface area contributed by atoms with Crippen LogP contribution in [0.15, 0.2) is 42.5 Å². The number of rotatable bonds is 6. The number of halogens is 4. The zero-order chi connectivity index (χ0) is 20.0. The molecule has 0 radical (unpaired) electrons. The van der Waals surface area contributed by atoms with Gasteiger partial charge in [-0.15, -0.1) is 0 Å². The third-order valence-corrected chi connectivity index (χ3v) is 4.36. The summed E-state index contributed by atoms with van der Waals surface area (Å²) < 4.78 is 45.6. The molecule has 0 bridgehead atoms. The van der Waals surface area contributed by atoms with Gasteiger partial charge in [0, 0.05) is 18.3 Å². The van der Waals surface area contributed by atoms with Gasteiger partial charge in [0.15, 0.2) is 0 Å². The summed E-state index contributed by atoms with van der Waals surface area (Å²) >= 11 is 2.11. The second-order valence-corrected chi connectivity index (χ2v) is 7.08. The number of urea groups is 1. The summed E-state index contributed by atoms with van der Waals surface area (Å²) in [6.07, 6.45) is -4.56. The summed E-state index contributed by atoms with van der Waals surface area (Å²) in [6, 6.07) is 9.07. The van der Waals surface area contributed by atoms with Crippen molar-refractivity contribution >= 4 is 40.0 Å². The van der Waals surface area contributed by atoms with Gasteiger partial charge >= 0.3 is 12.2 Å². The van der Waals surface area contributed by atoms with Crippen LogP contribution in [-0.4, -0.2) is 38.2 Å². The van der Waals surface area contributed by atoms with E-state index in [9.17, 15) is 18.0 Å². The molecule has 0 saturated heterocycles. The number of likely N-dealkylation sites (N-methyl/N-ethyl adjacent to an activating group) is 1. The number of amides is 2. The highest BCUT2D eigenvalue weighted by Crippen LogP contribution is 2.34. The minimum atomic E-state index is -4.56. The first-order valence-electron chi connectivity index (χ1n) is 7.98. The molecule has 2 N–H and O–H groups in total. The van der Waals surface area contributed by atoms with E-state index in [0.717, 1.165) is 16.2 Å². The van der Waals surface area contributed by atoms with Crippen molar-refractivity contribution in [1.82, 2.24) is 4.90 Å². The molecule has 0 fully saturated rings. The highest BCUT2D eigenvalue weighted by atomic mass is 127. The zero-order valence-electron chi connectivity index (χ0n) is 14.7. The van der Waals surface area contributed by atoms with Crippen LogP contribution in [0.2, 0.25) is 0 Å². The van der Waals surface area contributed by atoms with Crippen molar-refractivity contribution in [3.8, 4) is 5.75 Å². The van der Waals surface area contributed by atoms with Gasteiger partial charge in [-0.1, -0.05) is 12.1 Å². The van der Waals surface area contributed by atoms with Crippen LogP contribution in [0.1, 0.15) is 5.56 Å². The lowest BCUT2D eigenvalue weighted by molar-refractivity contribution is -0.136. The van der Waals surface area contributed by atoms with Gasteiger partial charge in [-0.3, -0.25) is 0 Å². The number of hydrogen-bond acceptors (Lipinski definition) is 3. The summed E-state index contributed by atoms with van der Waals surface area (Å²) in [6.45, 7) is 1.19. The van der Waals surface area contributed by atoms with Crippen LogP contribution in [0.5, 0.6) is 5.75 Å². The molecule has 2 aromatic carbocycles. The Hall–Kier alpha value is -2.01. The van der Waals surface area contributed by atoms with Crippen LogP contribution >= 0.6 is 22.6 Å². The Kier molecular flexibility index (Phi) is 7.31. The van der Waals surface area contributed by atoms with Gasteiger partial charge in [0.2, 0.25) is 0 Å². The molecule has 0 aromatic heterocycles. The van der Waals surface area contributed by atoms with E-state index in [1.54, 1.807) is 18.2 Å². The number of benzene rings is 2. The molecule has 2 amide bonds. The molecule has 9 heteroatoms. The Bertz CT molecular complexity index is 798. The maximum atomic E-state index is 13.0. The lowest BCUT2D eigenvalue weighted by Crippen LogP contribution is -2.22. The zero-order valence-corrected chi connectivity index (χ0v) is 16.9. The fourth-order valence-corrected chi connectivity index (χ4v) is 2.65. The number of nitrogens with one attached hydrogen (secondary N) is 2.